The fourth-order valence-corrected chi connectivity index (χ4v) is 4.07. The zero-order valence-electron chi connectivity index (χ0n) is 12.6. The molecule has 0 spiro atoms. The van der Waals surface area contributed by atoms with Crippen molar-refractivity contribution in [3.8, 4) is 0 Å². The summed E-state index contributed by atoms with van der Waals surface area (Å²) in [5.41, 5.74) is 0. The summed E-state index contributed by atoms with van der Waals surface area (Å²) in [6.07, 6.45) is 7.25. The number of piperazine rings is 1. The summed E-state index contributed by atoms with van der Waals surface area (Å²) in [4.78, 5) is 28.7. The molecule has 2 aliphatic heterocycles. The van der Waals surface area contributed by atoms with Crippen LogP contribution >= 0.6 is 0 Å². The summed E-state index contributed by atoms with van der Waals surface area (Å²) in [5, 5.41) is 9.36. The zero-order chi connectivity index (χ0) is 15.0. The van der Waals surface area contributed by atoms with E-state index in [1.54, 1.807) is 0 Å². The third-order valence-corrected chi connectivity index (χ3v) is 5.29. The Balaban J connectivity index is 1.74. The Kier molecular flexibility index (Phi) is 4.02. The van der Waals surface area contributed by atoms with Gasteiger partial charge >= 0.3 is 5.97 Å². The van der Waals surface area contributed by atoms with E-state index in [2.05, 4.69) is 11.8 Å². The molecule has 2 fully saturated rings. The summed E-state index contributed by atoms with van der Waals surface area (Å²) in [6.45, 7) is 4.92. The van der Waals surface area contributed by atoms with Gasteiger partial charge in [-0.15, -0.1) is 0 Å². The average Bonchev–Trinajstić information content (AvgIpc) is 2.92. The molecule has 0 bridgehead atoms. The number of hydrogen-bond donors (Lipinski definition) is 1. The van der Waals surface area contributed by atoms with Gasteiger partial charge in [-0.1, -0.05) is 12.2 Å². The van der Waals surface area contributed by atoms with E-state index in [-0.39, 0.29) is 17.9 Å². The first-order valence-electron chi connectivity index (χ1n) is 8.00. The molecule has 116 valence electrons. The van der Waals surface area contributed by atoms with Crippen LogP contribution in [0.5, 0.6) is 0 Å². The van der Waals surface area contributed by atoms with Crippen molar-refractivity contribution in [3.63, 3.8) is 0 Å². The number of carbonyl (C=O) groups excluding carboxylic acids is 1. The highest BCUT2D eigenvalue weighted by molar-refractivity contribution is 5.85. The van der Waals surface area contributed by atoms with Gasteiger partial charge in [-0.05, 0) is 39.2 Å². The number of carboxylic acids is 1. The van der Waals surface area contributed by atoms with Crippen molar-refractivity contribution in [2.24, 2.45) is 11.8 Å². The summed E-state index contributed by atoms with van der Waals surface area (Å²) in [6, 6.07) is 0.666. The molecule has 2 heterocycles. The van der Waals surface area contributed by atoms with Crippen molar-refractivity contribution in [3.05, 3.63) is 12.2 Å². The molecule has 1 N–H and O–H groups in total. The smallest absolute Gasteiger partial charge is 0.307 e. The van der Waals surface area contributed by atoms with E-state index in [1.807, 2.05) is 17.1 Å². The molecule has 3 rings (SSSR count). The van der Waals surface area contributed by atoms with Gasteiger partial charge in [0, 0.05) is 25.2 Å². The summed E-state index contributed by atoms with van der Waals surface area (Å²) in [5.74, 6) is -1.74. The molecule has 3 aliphatic rings. The van der Waals surface area contributed by atoms with Crippen LogP contribution in [-0.4, -0.2) is 58.5 Å². The Hall–Kier alpha value is -1.36. The lowest BCUT2D eigenvalue weighted by Gasteiger charge is -2.44. The first kappa shape index (κ1) is 14.6. The molecule has 5 heteroatoms. The van der Waals surface area contributed by atoms with Crippen LogP contribution in [0.25, 0.3) is 0 Å². The maximum Gasteiger partial charge on any atom is 0.307 e. The Bertz CT molecular complexity index is 462. The van der Waals surface area contributed by atoms with Gasteiger partial charge < -0.3 is 10.0 Å². The lowest BCUT2D eigenvalue weighted by atomic mass is 9.81. The second-order valence-electron chi connectivity index (χ2n) is 6.62. The minimum absolute atomic E-state index is 0.0470. The van der Waals surface area contributed by atoms with Gasteiger partial charge in [-0.25, -0.2) is 0 Å². The summed E-state index contributed by atoms with van der Waals surface area (Å²) in [7, 11) is 0. The van der Waals surface area contributed by atoms with Gasteiger partial charge in [0.2, 0.25) is 5.91 Å². The predicted octanol–water partition coefficient (Wildman–Crippen LogP) is 1.35. The Morgan fingerprint density at radius 1 is 1.14 bits per heavy atom. The Morgan fingerprint density at radius 3 is 2.57 bits per heavy atom. The van der Waals surface area contributed by atoms with Crippen LogP contribution in [0, 0.1) is 11.8 Å². The van der Waals surface area contributed by atoms with Crippen LogP contribution in [0.3, 0.4) is 0 Å². The van der Waals surface area contributed by atoms with Crippen molar-refractivity contribution in [2.75, 3.05) is 19.6 Å². The number of hydrogen-bond acceptors (Lipinski definition) is 3. The predicted molar refractivity (Wildman–Crippen MR) is 78.8 cm³/mol. The minimum atomic E-state index is -0.843. The van der Waals surface area contributed by atoms with Gasteiger partial charge in [0.05, 0.1) is 11.8 Å². The second kappa shape index (κ2) is 5.79. The fourth-order valence-electron chi connectivity index (χ4n) is 4.07. The number of fused-ring (bicyclic) bond motifs is 1. The second-order valence-corrected chi connectivity index (χ2v) is 6.62. The standard InChI is InChI=1S/C16H24N2O3/c1-11-9-17-8-4-5-12(17)10-18(11)15(19)13-6-2-3-7-14(13)16(20)21/h2-3,11-14H,4-10H2,1H3,(H,20,21)/t11?,12?,13-,14+/m1/s1. The SMILES string of the molecule is CC1CN2CCCC2CN1C(=O)[C@@H]1CC=CC[C@@H]1C(=O)O. The highest BCUT2D eigenvalue weighted by atomic mass is 16.4. The molecule has 0 aromatic heterocycles. The molecular formula is C16H24N2O3. The third-order valence-electron chi connectivity index (χ3n) is 5.29. The number of aliphatic carboxylic acids is 1. The van der Waals surface area contributed by atoms with Gasteiger partial charge in [0.1, 0.15) is 0 Å². The lowest BCUT2D eigenvalue weighted by molar-refractivity contribution is -0.153. The number of amides is 1. The molecule has 5 nitrogen and oxygen atoms in total. The molecule has 2 saturated heterocycles. The minimum Gasteiger partial charge on any atom is -0.481 e. The average molecular weight is 292 g/mol. The van der Waals surface area contributed by atoms with Crippen molar-refractivity contribution < 1.29 is 14.7 Å². The molecule has 4 atom stereocenters. The van der Waals surface area contributed by atoms with E-state index in [0.717, 1.165) is 26.1 Å². The molecule has 0 radical (unpaired) electrons. The molecule has 0 saturated carbocycles. The highest BCUT2D eigenvalue weighted by Crippen LogP contribution is 2.31. The largest absolute Gasteiger partial charge is 0.481 e. The topological polar surface area (TPSA) is 60.9 Å². The molecule has 21 heavy (non-hydrogen) atoms. The first-order chi connectivity index (χ1) is 10.1. The van der Waals surface area contributed by atoms with E-state index in [4.69, 9.17) is 0 Å². The van der Waals surface area contributed by atoms with E-state index < -0.39 is 11.9 Å². The quantitative estimate of drug-likeness (QED) is 0.780. The first-order valence-corrected chi connectivity index (χ1v) is 8.00. The lowest BCUT2D eigenvalue weighted by Crippen LogP contribution is -2.58. The maximum absolute atomic E-state index is 12.9. The fraction of sp³-hybridized carbons (Fsp3) is 0.750. The van der Waals surface area contributed by atoms with Gasteiger partial charge in [-0.2, -0.15) is 0 Å². The third kappa shape index (κ3) is 2.71. The van der Waals surface area contributed by atoms with E-state index >= 15 is 0 Å². The Labute approximate surface area is 125 Å². The van der Waals surface area contributed by atoms with Crippen LogP contribution in [0.15, 0.2) is 12.2 Å². The van der Waals surface area contributed by atoms with Crippen LogP contribution < -0.4 is 0 Å². The Morgan fingerprint density at radius 2 is 1.86 bits per heavy atom. The molecule has 1 amide bonds. The van der Waals surface area contributed by atoms with Crippen LogP contribution in [0.2, 0.25) is 0 Å². The van der Waals surface area contributed by atoms with Gasteiger partial charge in [0.15, 0.2) is 0 Å². The number of carboxylic acid groups (broad SMARTS) is 1. The summed E-state index contributed by atoms with van der Waals surface area (Å²) < 4.78 is 0. The molecule has 1 aliphatic carbocycles. The summed E-state index contributed by atoms with van der Waals surface area (Å²) >= 11 is 0. The number of allylic oxidation sites excluding steroid dienone is 2. The number of rotatable bonds is 2. The van der Waals surface area contributed by atoms with Crippen LogP contribution in [0.4, 0.5) is 0 Å². The van der Waals surface area contributed by atoms with Crippen molar-refractivity contribution in [1.29, 1.82) is 0 Å². The van der Waals surface area contributed by atoms with Crippen LogP contribution in [-0.2, 0) is 9.59 Å². The maximum atomic E-state index is 12.9. The highest BCUT2D eigenvalue weighted by Gasteiger charge is 2.42. The van der Waals surface area contributed by atoms with Crippen LogP contribution in [0.1, 0.15) is 32.6 Å². The van der Waals surface area contributed by atoms with Gasteiger partial charge in [0.25, 0.3) is 0 Å². The van der Waals surface area contributed by atoms with E-state index in [9.17, 15) is 14.7 Å². The van der Waals surface area contributed by atoms with Crippen molar-refractivity contribution >= 4 is 11.9 Å². The monoisotopic (exact) mass is 292 g/mol. The molecule has 0 aromatic rings. The van der Waals surface area contributed by atoms with Crippen molar-refractivity contribution in [1.82, 2.24) is 9.80 Å². The molecule has 2 unspecified atom stereocenters. The normalized spacial score (nSPS) is 36.5. The van der Waals surface area contributed by atoms with Gasteiger partial charge in [-0.3, -0.25) is 14.5 Å². The van der Waals surface area contributed by atoms with Crippen molar-refractivity contribution in [2.45, 2.75) is 44.7 Å². The van der Waals surface area contributed by atoms with E-state index in [1.165, 1.54) is 6.42 Å². The number of nitrogens with zero attached hydrogens (tertiary/aromatic N) is 2. The number of carbonyl (C=O) groups is 2. The zero-order valence-corrected chi connectivity index (χ0v) is 12.6. The molecule has 0 aromatic carbocycles. The molecular weight excluding hydrogens is 268 g/mol. The van der Waals surface area contributed by atoms with E-state index in [0.29, 0.717) is 18.9 Å².